The first kappa shape index (κ1) is 22.0. The van der Waals surface area contributed by atoms with Crippen molar-refractivity contribution in [1.29, 1.82) is 0 Å². The summed E-state index contributed by atoms with van der Waals surface area (Å²) in [5.74, 6) is -0.118. The molecule has 1 amide bonds. The van der Waals surface area contributed by atoms with Crippen molar-refractivity contribution in [2.45, 2.75) is 45.2 Å². The Morgan fingerprint density at radius 3 is 2.38 bits per heavy atom. The van der Waals surface area contributed by atoms with Gasteiger partial charge in [-0.1, -0.05) is 92.9 Å². The lowest BCUT2D eigenvalue weighted by Crippen LogP contribution is -2.38. The zero-order valence-electron chi connectivity index (χ0n) is 19.4. The molecule has 0 aliphatic carbocycles. The summed E-state index contributed by atoms with van der Waals surface area (Å²) >= 11 is 0. The van der Waals surface area contributed by atoms with Crippen molar-refractivity contribution in [2.24, 2.45) is 0 Å². The van der Waals surface area contributed by atoms with Crippen molar-refractivity contribution in [3.05, 3.63) is 101 Å². The second-order valence-electron chi connectivity index (χ2n) is 8.81. The van der Waals surface area contributed by atoms with Crippen LogP contribution in [-0.2, 0) is 11.3 Å². The van der Waals surface area contributed by atoms with E-state index in [9.17, 15) is 9.59 Å². The first-order valence-corrected chi connectivity index (χ1v) is 12.0. The van der Waals surface area contributed by atoms with Gasteiger partial charge < -0.3 is 9.72 Å². The number of carbonyl (C=O) groups is 1. The number of nitrogens with zero attached hydrogens (tertiary/aromatic N) is 2. The molecule has 0 saturated heterocycles. The minimum absolute atomic E-state index is 0.118. The number of carbonyl (C=O) groups excluding carboxylic acids is 1. The molecule has 1 atom stereocenters. The Morgan fingerprint density at radius 1 is 0.882 bits per heavy atom. The first-order chi connectivity index (χ1) is 16.7. The van der Waals surface area contributed by atoms with Gasteiger partial charge in [0.1, 0.15) is 11.6 Å². The second-order valence-corrected chi connectivity index (χ2v) is 8.81. The molecule has 34 heavy (non-hydrogen) atoms. The van der Waals surface area contributed by atoms with E-state index in [4.69, 9.17) is 0 Å². The van der Waals surface area contributed by atoms with E-state index in [1.165, 1.54) is 0 Å². The highest BCUT2D eigenvalue weighted by molar-refractivity contribution is 6.00. The highest BCUT2D eigenvalue weighted by Crippen LogP contribution is 2.27. The number of hydrogen-bond donors (Lipinski definition) is 1. The molecule has 2 heterocycles. The van der Waals surface area contributed by atoms with Crippen LogP contribution in [0.4, 0.5) is 0 Å². The minimum Gasteiger partial charge on any atom is -0.350 e. The van der Waals surface area contributed by atoms with Gasteiger partial charge in [0.2, 0.25) is 5.91 Å². The van der Waals surface area contributed by atoms with Crippen LogP contribution in [0, 0.1) is 0 Å². The molecule has 5 heteroatoms. The number of hydrogen-bond acceptors (Lipinski definition) is 2. The molecule has 1 unspecified atom stereocenters. The largest absolute Gasteiger partial charge is 0.350 e. The molecule has 0 aliphatic rings. The fraction of sp³-hybridized carbons (Fsp3) is 0.241. The van der Waals surface area contributed by atoms with E-state index < -0.39 is 6.04 Å². The molecule has 0 spiro atoms. The monoisotopic (exact) mass is 451 g/mol. The van der Waals surface area contributed by atoms with Crippen LogP contribution in [0.5, 0.6) is 0 Å². The van der Waals surface area contributed by atoms with Crippen LogP contribution < -0.4 is 10.9 Å². The average molecular weight is 452 g/mol. The zero-order valence-corrected chi connectivity index (χ0v) is 19.4. The summed E-state index contributed by atoms with van der Waals surface area (Å²) in [6.45, 7) is 2.58. The van der Waals surface area contributed by atoms with Crippen LogP contribution in [0.2, 0.25) is 0 Å². The second kappa shape index (κ2) is 9.56. The normalized spacial score (nSPS) is 12.4. The summed E-state index contributed by atoms with van der Waals surface area (Å²) in [7, 11) is 0. The van der Waals surface area contributed by atoms with Crippen LogP contribution >= 0.6 is 0 Å². The standard InChI is InChI=1S/C29H29N3O2/c1-2-3-5-18-26(28(33)30-19-21-12-6-4-7-13-21)32-25-17-11-10-16-24(25)31-20-22-14-8-9-15-23(22)27(31)29(32)34/h4,6-17,20,26H,2-3,5,18-19H2,1H3,(H,30,33). The van der Waals surface area contributed by atoms with Crippen LogP contribution in [0.3, 0.4) is 0 Å². The third-order valence-corrected chi connectivity index (χ3v) is 6.55. The molecule has 0 aliphatic heterocycles. The Kier molecular flexibility index (Phi) is 6.17. The Morgan fingerprint density at radius 2 is 1.59 bits per heavy atom. The Labute approximate surface area is 198 Å². The number of unbranched alkanes of at least 4 members (excludes halogenated alkanes) is 2. The van der Waals surface area contributed by atoms with Gasteiger partial charge in [0.15, 0.2) is 0 Å². The Balaban J connectivity index is 1.66. The maximum absolute atomic E-state index is 14.0. The van der Waals surface area contributed by atoms with Gasteiger partial charge >= 0.3 is 0 Å². The summed E-state index contributed by atoms with van der Waals surface area (Å²) in [6.07, 6.45) is 5.59. The lowest BCUT2D eigenvalue weighted by molar-refractivity contribution is -0.124. The predicted octanol–water partition coefficient (Wildman–Crippen LogP) is 5.85. The molecule has 172 valence electrons. The molecule has 0 fully saturated rings. The van der Waals surface area contributed by atoms with Crippen LogP contribution in [0.1, 0.15) is 44.2 Å². The summed E-state index contributed by atoms with van der Waals surface area (Å²) in [5.41, 5.74) is 3.22. The van der Waals surface area contributed by atoms with Gasteiger partial charge in [0.25, 0.3) is 5.56 Å². The van der Waals surface area contributed by atoms with E-state index in [0.29, 0.717) is 18.5 Å². The molecule has 0 radical (unpaired) electrons. The number of para-hydroxylation sites is 2. The molecule has 5 aromatic rings. The average Bonchev–Trinajstić information content (AvgIpc) is 3.27. The summed E-state index contributed by atoms with van der Waals surface area (Å²) in [5, 5.41) is 5.01. The van der Waals surface area contributed by atoms with Crippen LogP contribution in [-0.4, -0.2) is 14.9 Å². The Hall–Kier alpha value is -3.86. The van der Waals surface area contributed by atoms with Crippen molar-refractivity contribution < 1.29 is 4.79 Å². The van der Waals surface area contributed by atoms with E-state index in [0.717, 1.165) is 46.6 Å². The maximum atomic E-state index is 14.0. The molecule has 0 saturated carbocycles. The SMILES string of the molecule is CCCCCC(C(=O)NCc1ccccc1)n1c(=O)c2c3ccccc3cn2c2ccccc21. The summed E-state index contributed by atoms with van der Waals surface area (Å²) in [4.78, 5) is 27.6. The van der Waals surface area contributed by atoms with Gasteiger partial charge in [-0.3, -0.25) is 14.2 Å². The third-order valence-electron chi connectivity index (χ3n) is 6.55. The quantitative estimate of drug-likeness (QED) is 0.301. The number of aromatic nitrogens is 2. The van der Waals surface area contributed by atoms with E-state index in [2.05, 4.69) is 12.2 Å². The maximum Gasteiger partial charge on any atom is 0.276 e. The number of amides is 1. The van der Waals surface area contributed by atoms with E-state index in [-0.39, 0.29) is 11.5 Å². The van der Waals surface area contributed by atoms with Crippen LogP contribution in [0.15, 0.2) is 89.9 Å². The van der Waals surface area contributed by atoms with Gasteiger partial charge in [-0.15, -0.1) is 0 Å². The molecule has 0 bridgehead atoms. The number of fused-ring (bicyclic) bond motifs is 5. The van der Waals surface area contributed by atoms with E-state index in [1.54, 1.807) is 4.57 Å². The van der Waals surface area contributed by atoms with Crippen LogP contribution in [0.25, 0.3) is 27.3 Å². The van der Waals surface area contributed by atoms with Gasteiger partial charge in [0, 0.05) is 23.5 Å². The fourth-order valence-electron chi connectivity index (χ4n) is 4.84. The molecule has 2 aromatic heterocycles. The van der Waals surface area contributed by atoms with Gasteiger partial charge in [-0.25, -0.2) is 0 Å². The van der Waals surface area contributed by atoms with Gasteiger partial charge in [0.05, 0.1) is 11.0 Å². The summed E-state index contributed by atoms with van der Waals surface area (Å²) in [6, 6.07) is 25.1. The van der Waals surface area contributed by atoms with Gasteiger partial charge in [-0.05, 0) is 24.1 Å². The topological polar surface area (TPSA) is 55.5 Å². The van der Waals surface area contributed by atoms with Crippen molar-refractivity contribution in [3.63, 3.8) is 0 Å². The molecule has 1 N–H and O–H groups in total. The molecule has 3 aromatic carbocycles. The van der Waals surface area contributed by atoms with Crippen molar-refractivity contribution in [3.8, 4) is 0 Å². The van der Waals surface area contributed by atoms with Crippen molar-refractivity contribution >= 4 is 33.2 Å². The van der Waals surface area contributed by atoms with Gasteiger partial charge in [-0.2, -0.15) is 0 Å². The van der Waals surface area contributed by atoms with E-state index in [1.807, 2.05) is 89.5 Å². The minimum atomic E-state index is -0.577. The molecular weight excluding hydrogens is 422 g/mol. The number of nitrogens with one attached hydrogen (secondary N) is 1. The summed E-state index contributed by atoms with van der Waals surface area (Å²) < 4.78 is 3.71. The molecule has 5 rings (SSSR count). The molecular formula is C29H29N3O2. The highest BCUT2D eigenvalue weighted by Gasteiger charge is 2.25. The zero-order chi connectivity index (χ0) is 23.5. The lowest BCUT2D eigenvalue weighted by Gasteiger charge is -2.22. The lowest BCUT2D eigenvalue weighted by atomic mass is 10.1. The predicted molar refractivity (Wildman–Crippen MR) is 138 cm³/mol. The third kappa shape index (κ3) is 3.98. The molecule has 5 nitrogen and oxygen atoms in total. The van der Waals surface area contributed by atoms with Crippen molar-refractivity contribution in [2.75, 3.05) is 0 Å². The van der Waals surface area contributed by atoms with Crippen molar-refractivity contribution in [1.82, 2.24) is 14.3 Å². The smallest absolute Gasteiger partial charge is 0.276 e. The highest BCUT2D eigenvalue weighted by atomic mass is 16.2. The first-order valence-electron chi connectivity index (χ1n) is 12.0. The van der Waals surface area contributed by atoms with E-state index >= 15 is 0 Å². The number of rotatable bonds is 8. The Bertz CT molecular complexity index is 1520. The number of benzene rings is 3. The fourth-order valence-corrected chi connectivity index (χ4v) is 4.84.